The molecule has 0 aromatic rings. The Bertz CT molecular complexity index is 628. The number of thioether (sulfide) groups is 1. The second kappa shape index (κ2) is 15.8. The van der Waals surface area contributed by atoms with Crippen molar-refractivity contribution >= 4 is 41.3 Å². The topological polar surface area (TPSA) is 130 Å². The largest absolute Gasteiger partial charge is 0.500 e. The monoisotopic (exact) mass is 526 g/mol. The summed E-state index contributed by atoms with van der Waals surface area (Å²) in [6.07, 6.45) is 1.94. The molecule has 10 nitrogen and oxygen atoms in total. The van der Waals surface area contributed by atoms with Gasteiger partial charge in [-0.1, -0.05) is 11.8 Å². The smallest absolute Gasteiger partial charge is 0.478 e. The summed E-state index contributed by atoms with van der Waals surface area (Å²) in [5, 5.41) is 19.2. The third-order valence-corrected chi connectivity index (χ3v) is 12.5. The zero-order valence-electron chi connectivity index (χ0n) is 20.8. The molecule has 0 aliphatic carbocycles. The highest BCUT2D eigenvalue weighted by molar-refractivity contribution is 8.06. The van der Waals surface area contributed by atoms with Crippen LogP contribution < -0.4 is 0 Å². The average Bonchev–Trinajstić information content (AvgIpc) is 2.82. The van der Waals surface area contributed by atoms with E-state index in [9.17, 15) is 19.8 Å². The number of aliphatic carboxylic acids is 2. The predicted octanol–water partition coefficient (Wildman–Crippen LogP) is 3.75. The summed E-state index contributed by atoms with van der Waals surface area (Å²) in [6.45, 7) is 3.04. The van der Waals surface area contributed by atoms with Gasteiger partial charge in [0.2, 0.25) is 0 Å². The molecule has 33 heavy (non-hydrogen) atoms. The van der Waals surface area contributed by atoms with E-state index in [4.69, 9.17) is 26.6 Å². The highest BCUT2D eigenvalue weighted by atomic mass is 32.2. The summed E-state index contributed by atoms with van der Waals surface area (Å²) in [7, 11) is 3.52. The van der Waals surface area contributed by atoms with Gasteiger partial charge in [0.1, 0.15) is 0 Å². The van der Waals surface area contributed by atoms with E-state index < -0.39 is 29.5 Å². The number of carboxylic acids is 2. The highest BCUT2D eigenvalue weighted by Gasteiger charge is 2.38. The molecule has 192 valence electrons. The lowest BCUT2D eigenvalue weighted by molar-refractivity contribution is -0.133. The summed E-state index contributed by atoms with van der Waals surface area (Å²) >= 11 is 1.19. The third kappa shape index (κ3) is 10.0. The van der Waals surface area contributed by atoms with Crippen LogP contribution in [0.15, 0.2) is 21.0 Å². The Kier molecular flexibility index (Phi) is 15.3. The number of carbonyl (C=O) groups is 2. The first kappa shape index (κ1) is 32.0. The Morgan fingerprint density at radius 3 is 1.12 bits per heavy atom. The molecule has 0 aromatic carbocycles. The Labute approximate surface area is 203 Å². The van der Waals surface area contributed by atoms with Gasteiger partial charge < -0.3 is 36.8 Å². The average molecular weight is 527 g/mol. The molecule has 0 aromatic heterocycles. The molecule has 0 aliphatic heterocycles. The minimum atomic E-state index is -2.80. The summed E-state index contributed by atoms with van der Waals surface area (Å²) < 4.78 is 32.6. The van der Waals surface area contributed by atoms with Crippen molar-refractivity contribution < 1.29 is 46.4 Å². The molecule has 0 rings (SSSR count). The molecule has 0 spiro atoms. The number of rotatable bonds is 18. The van der Waals surface area contributed by atoms with E-state index in [0.717, 1.165) is 0 Å². The molecule has 0 heterocycles. The van der Waals surface area contributed by atoms with E-state index in [0.29, 0.717) is 47.6 Å². The first-order chi connectivity index (χ1) is 15.5. The fourth-order valence-electron chi connectivity index (χ4n) is 3.06. The van der Waals surface area contributed by atoms with Gasteiger partial charge in [0.05, 0.1) is 0 Å². The van der Waals surface area contributed by atoms with Crippen molar-refractivity contribution in [3.05, 3.63) is 21.0 Å². The van der Waals surface area contributed by atoms with Gasteiger partial charge in [-0.05, 0) is 49.3 Å². The van der Waals surface area contributed by atoms with Crippen molar-refractivity contribution in [3.8, 4) is 0 Å². The van der Waals surface area contributed by atoms with Gasteiger partial charge in [0.25, 0.3) is 0 Å². The van der Waals surface area contributed by atoms with Gasteiger partial charge in [-0.2, -0.15) is 0 Å². The van der Waals surface area contributed by atoms with Crippen LogP contribution in [0, 0.1) is 0 Å². The quantitative estimate of drug-likeness (QED) is 0.200. The van der Waals surface area contributed by atoms with Crippen molar-refractivity contribution in [3.63, 3.8) is 0 Å². The first-order valence-electron chi connectivity index (χ1n) is 10.4. The fraction of sp³-hybridized carbons (Fsp3) is 0.700. The molecular formula is C20H38O10SSi2. The van der Waals surface area contributed by atoms with E-state index in [1.165, 1.54) is 68.3 Å². The SMILES string of the molecule is CO[Si](CCCC(SC(CCC[Si](OC)(OC)OC)=C(C)C(=O)O)=C(C)C(=O)O)(OC)OC. The minimum Gasteiger partial charge on any atom is -0.478 e. The molecule has 0 saturated heterocycles. The van der Waals surface area contributed by atoms with Crippen LogP contribution in [-0.2, 0) is 36.1 Å². The van der Waals surface area contributed by atoms with Crippen molar-refractivity contribution in [2.75, 3.05) is 42.7 Å². The van der Waals surface area contributed by atoms with Crippen molar-refractivity contribution in [2.24, 2.45) is 0 Å². The maximum absolute atomic E-state index is 11.7. The van der Waals surface area contributed by atoms with Gasteiger partial charge in [0, 0.05) is 65.9 Å². The van der Waals surface area contributed by atoms with Crippen LogP contribution >= 0.6 is 11.8 Å². The summed E-state index contributed by atoms with van der Waals surface area (Å²) in [6, 6.07) is 0.988. The molecule has 0 fully saturated rings. The Balaban J connectivity index is 5.69. The molecule has 0 amide bonds. The van der Waals surface area contributed by atoms with E-state index in [-0.39, 0.29) is 11.1 Å². The highest BCUT2D eigenvalue weighted by Crippen LogP contribution is 2.38. The molecule has 0 atom stereocenters. The van der Waals surface area contributed by atoms with Crippen molar-refractivity contribution in [1.82, 2.24) is 0 Å². The maximum atomic E-state index is 11.7. The number of hydrogen-bond donors (Lipinski definition) is 2. The fourth-order valence-corrected chi connectivity index (χ4v) is 7.78. The predicted molar refractivity (Wildman–Crippen MR) is 130 cm³/mol. The summed E-state index contributed by atoms with van der Waals surface area (Å²) in [4.78, 5) is 24.6. The zero-order valence-corrected chi connectivity index (χ0v) is 23.6. The lowest BCUT2D eigenvalue weighted by Crippen LogP contribution is -2.42. The van der Waals surface area contributed by atoms with Gasteiger partial charge in [0.15, 0.2) is 0 Å². The molecule has 0 bridgehead atoms. The second-order valence-corrected chi connectivity index (χ2v) is 14.5. The molecule has 0 unspecified atom stereocenters. The van der Waals surface area contributed by atoms with Crippen LogP contribution in [0.4, 0.5) is 0 Å². The normalized spacial score (nSPS) is 14.1. The van der Waals surface area contributed by atoms with Crippen LogP contribution in [0.25, 0.3) is 0 Å². The zero-order chi connectivity index (χ0) is 25.7. The third-order valence-electron chi connectivity index (χ3n) is 5.36. The molecule has 2 N–H and O–H groups in total. The van der Waals surface area contributed by atoms with Crippen molar-refractivity contribution in [1.29, 1.82) is 0 Å². The molecular weight excluding hydrogens is 488 g/mol. The summed E-state index contributed by atoms with van der Waals surface area (Å²) in [5.74, 6) is -2.11. The van der Waals surface area contributed by atoms with Crippen molar-refractivity contribution in [2.45, 2.75) is 51.6 Å². The number of allylic oxidation sites excluding steroid dienone is 2. The van der Waals surface area contributed by atoms with Crippen LogP contribution in [-0.4, -0.2) is 82.4 Å². The van der Waals surface area contributed by atoms with Crippen LogP contribution in [0.1, 0.15) is 39.5 Å². The Morgan fingerprint density at radius 1 is 0.636 bits per heavy atom. The Morgan fingerprint density at radius 2 is 0.909 bits per heavy atom. The minimum absolute atomic E-state index is 0.171. The lowest BCUT2D eigenvalue weighted by atomic mass is 10.2. The number of carboxylic acid groups (broad SMARTS) is 2. The van der Waals surface area contributed by atoms with E-state index >= 15 is 0 Å². The van der Waals surface area contributed by atoms with Gasteiger partial charge in [-0.25, -0.2) is 9.59 Å². The molecule has 13 heteroatoms. The standard InChI is InChI=1S/C20H38O10SSi2/c1-15(19(21)22)17(11-9-13-32(25-3,26-4)27-5)31-18(16(2)20(23)24)12-10-14-33(28-6,29-7)30-8/h9-14H2,1-8H3,(H,21,22)(H,23,24). The molecule has 0 radical (unpaired) electrons. The van der Waals surface area contributed by atoms with E-state index in [1.807, 2.05) is 0 Å². The number of hydrogen-bond acceptors (Lipinski definition) is 9. The summed E-state index contributed by atoms with van der Waals surface area (Å²) in [5.41, 5.74) is 0.342. The second-order valence-electron chi connectivity index (χ2n) is 7.11. The van der Waals surface area contributed by atoms with Gasteiger partial charge in [-0.15, -0.1) is 0 Å². The first-order valence-corrected chi connectivity index (χ1v) is 15.0. The van der Waals surface area contributed by atoms with E-state index in [1.54, 1.807) is 0 Å². The van der Waals surface area contributed by atoms with Crippen LogP contribution in [0.2, 0.25) is 12.1 Å². The van der Waals surface area contributed by atoms with Crippen LogP contribution in [0.3, 0.4) is 0 Å². The van der Waals surface area contributed by atoms with Gasteiger partial charge in [-0.3, -0.25) is 0 Å². The molecule has 0 saturated carbocycles. The lowest BCUT2D eigenvalue weighted by Gasteiger charge is -2.25. The molecule has 0 aliphatic rings. The maximum Gasteiger partial charge on any atom is 0.500 e. The van der Waals surface area contributed by atoms with Crippen LogP contribution in [0.5, 0.6) is 0 Å². The Hall–Kier alpha value is -1.04. The van der Waals surface area contributed by atoms with E-state index in [2.05, 4.69) is 0 Å². The van der Waals surface area contributed by atoms with Gasteiger partial charge >= 0.3 is 29.5 Å².